The maximum Gasteiger partial charge on any atom is 0.0661 e. The Bertz CT molecular complexity index is 479. The zero-order valence-electron chi connectivity index (χ0n) is 8.75. The van der Waals surface area contributed by atoms with Crippen LogP contribution in [-0.4, -0.2) is 11.7 Å². The molecule has 0 amide bonds. The van der Waals surface area contributed by atoms with E-state index in [1.165, 1.54) is 5.56 Å². The molecular weight excluding hydrogens is 212 g/mol. The van der Waals surface area contributed by atoms with Gasteiger partial charge in [0.05, 0.1) is 17.6 Å². The number of nitrogens with one attached hydrogen (secondary N) is 1. The van der Waals surface area contributed by atoms with E-state index in [1.54, 1.807) is 7.11 Å². The summed E-state index contributed by atoms with van der Waals surface area (Å²) >= 11 is 6.11. The molecule has 0 saturated heterocycles. The Kier molecular flexibility index (Phi) is 2.95. The maximum atomic E-state index is 6.11. The van der Waals surface area contributed by atoms with Crippen molar-refractivity contribution in [3.05, 3.63) is 35.0 Å². The number of hydroxylamine groups is 1. The average Bonchev–Trinajstić information content (AvgIpc) is 2.53. The van der Waals surface area contributed by atoms with Gasteiger partial charge in [0, 0.05) is 25.2 Å². The second-order valence-corrected chi connectivity index (χ2v) is 3.83. The zero-order valence-corrected chi connectivity index (χ0v) is 9.51. The standard InChI is InChI=1S/C11H13ClN2O/c1-14-7-10(12)9-5-3-4-8(11(9)14)6-13-15-2/h3-5,7,13H,6H2,1-2H3. The van der Waals surface area contributed by atoms with Crippen LogP contribution < -0.4 is 5.48 Å². The summed E-state index contributed by atoms with van der Waals surface area (Å²) in [6, 6.07) is 6.08. The summed E-state index contributed by atoms with van der Waals surface area (Å²) in [6.45, 7) is 0.669. The lowest BCUT2D eigenvalue weighted by Crippen LogP contribution is -2.11. The van der Waals surface area contributed by atoms with Gasteiger partial charge in [-0.1, -0.05) is 29.8 Å². The number of nitrogens with zero attached hydrogens (tertiary/aromatic N) is 1. The molecule has 0 spiro atoms. The molecule has 0 bridgehead atoms. The fraction of sp³-hybridized carbons (Fsp3) is 0.273. The highest BCUT2D eigenvalue weighted by Gasteiger charge is 2.08. The lowest BCUT2D eigenvalue weighted by Gasteiger charge is -2.06. The minimum atomic E-state index is 0.669. The molecule has 3 nitrogen and oxygen atoms in total. The summed E-state index contributed by atoms with van der Waals surface area (Å²) in [7, 11) is 3.60. The fourth-order valence-electron chi connectivity index (χ4n) is 1.80. The van der Waals surface area contributed by atoms with Crippen molar-refractivity contribution in [2.45, 2.75) is 6.54 Å². The summed E-state index contributed by atoms with van der Waals surface area (Å²) < 4.78 is 2.03. The van der Waals surface area contributed by atoms with Gasteiger partial charge < -0.3 is 9.40 Å². The van der Waals surface area contributed by atoms with Crippen molar-refractivity contribution in [2.24, 2.45) is 7.05 Å². The Morgan fingerprint density at radius 3 is 3.00 bits per heavy atom. The molecule has 0 radical (unpaired) electrons. The SMILES string of the molecule is CONCc1cccc2c(Cl)cn(C)c12. The van der Waals surface area contributed by atoms with Gasteiger partial charge in [-0.3, -0.25) is 0 Å². The first kappa shape index (κ1) is 10.5. The Balaban J connectivity index is 2.54. The first-order valence-electron chi connectivity index (χ1n) is 4.72. The first-order chi connectivity index (χ1) is 7.24. The van der Waals surface area contributed by atoms with Crippen LogP contribution in [0.15, 0.2) is 24.4 Å². The Morgan fingerprint density at radius 1 is 1.47 bits per heavy atom. The van der Waals surface area contributed by atoms with E-state index in [1.807, 2.05) is 29.9 Å². The molecule has 0 unspecified atom stereocenters. The number of hydrogen-bond acceptors (Lipinski definition) is 2. The first-order valence-corrected chi connectivity index (χ1v) is 5.10. The van der Waals surface area contributed by atoms with Gasteiger partial charge in [-0.25, -0.2) is 0 Å². The van der Waals surface area contributed by atoms with E-state index in [0.717, 1.165) is 15.9 Å². The van der Waals surface area contributed by atoms with Crippen molar-refractivity contribution in [3.8, 4) is 0 Å². The van der Waals surface area contributed by atoms with Crippen LogP contribution >= 0.6 is 11.6 Å². The molecule has 0 atom stereocenters. The van der Waals surface area contributed by atoms with Crippen LogP contribution in [0, 0.1) is 0 Å². The molecule has 1 aromatic heterocycles. The predicted molar refractivity (Wildman–Crippen MR) is 61.8 cm³/mol. The minimum Gasteiger partial charge on any atom is -0.349 e. The summed E-state index contributed by atoms with van der Waals surface area (Å²) in [5, 5.41) is 1.86. The lowest BCUT2D eigenvalue weighted by atomic mass is 10.1. The van der Waals surface area contributed by atoms with Gasteiger partial charge in [0.15, 0.2) is 0 Å². The highest BCUT2D eigenvalue weighted by atomic mass is 35.5. The van der Waals surface area contributed by atoms with Gasteiger partial charge in [0.2, 0.25) is 0 Å². The molecular formula is C11H13ClN2O. The Labute approximate surface area is 93.5 Å². The van der Waals surface area contributed by atoms with Gasteiger partial charge in [-0.05, 0) is 5.56 Å². The second-order valence-electron chi connectivity index (χ2n) is 3.43. The van der Waals surface area contributed by atoms with Crippen LogP contribution in [0.5, 0.6) is 0 Å². The third kappa shape index (κ3) is 1.86. The number of rotatable bonds is 3. The van der Waals surface area contributed by atoms with E-state index in [-0.39, 0.29) is 0 Å². The normalized spacial score (nSPS) is 11.1. The predicted octanol–water partition coefficient (Wildman–Crippen LogP) is 2.48. The third-order valence-corrected chi connectivity index (χ3v) is 2.74. The van der Waals surface area contributed by atoms with E-state index < -0.39 is 0 Å². The molecule has 0 fully saturated rings. The van der Waals surface area contributed by atoms with Gasteiger partial charge in [0.25, 0.3) is 0 Å². The topological polar surface area (TPSA) is 26.2 Å². The lowest BCUT2D eigenvalue weighted by molar-refractivity contribution is 0.0869. The van der Waals surface area contributed by atoms with Crippen LogP contribution in [0.4, 0.5) is 0 Å². The number of aromatic nitrogens is 1. The van der Waals surface area contributed by atoms with E-state index >= 15 is 0 Å². The van der Waals surface area contributed by atoms with Crippen molar-refractivity contribution >= 4 is 22.5 Å². The molecule has 1 aromatic carbocycles. The van der Waals surface area contributed by atoms with Gasteiger partial charge in [-0.2, -0.15) is 5.48 Å². The zero-order chi connectivity index (χ0) is 10.8. The summed E-state index contributed by atoms with van der Waals surface area (Å²) in [6.07, 6.45) is 1.92. The molecule has 15 heavy (non-hydrogen) atoms. The number of aryl methyl sites for hydroxylation is 1. The third-order valence-electron chi connectivity index (χ3n) is 2.44. The summed E-state index contributed by atoms with van der Waals surface area (Å²) in [5.74, 6) is 0. The van der Waals surface area contributed by atoms with Crippen LogP contribution in [0.3, 0.4) is 0 Å². The molecule has 1 N–H and O–H groups in total. The number of halogens is 1. The Hall–Kier alpha value is -1.03. The van der Waals surface area contributed by atoms with Crippen molar-refractivity contribution in [1.82, 2.24) is 10.0 Å². The molecule has 80 valence electrons. The minimum absolute atomic E-state index is 0.669. The van der Waals surface area contributed by atoms with Crippen LogP contribution in [0.2, 0.25) is 5.02 Å². The molecule has 0 aliphatic carbocycles. The molecule has 2 aromatic rings. The van der Waals surface area contributed by atoms with Gasteiger partial charge in [0.1, 0.15) is 0 Å². The number of hydrogen-bond donors (Lipinski definition) is 1. The van der Waals surface area contributed by atoms with Gasteiger partial charge in [-0.15, -0.1) is 0 Å². The fourth-order valence-corrected chi connectivity index (χ4v) is 2.10. The van der Waals surface area contributed by atoms with Crippen LogP contribution in [0.1, 0.15) is 5.56 Å². The highest BCUT2D eigenvalue weighted by molar-refractivity contribution is 6.35. The molecule has 2 rings (SSSR count). The van der Waals surface area contributed by atoms with Crippen molar-refractivity contribution < 1.29 is 4.84 Å². The number of para-hydroxylation sites is 1. The monoisotopic (exact) mass is 224 g/mol. The molecule has 1 heterocycles. The summed E-state index contributed by atoms with van der Waals surface area (Å²) in [5.41, 5.74) is 5.15. The average molecular weight is 225 g/mol. The van der Waals surface area contributed by atoms with Crippen LogP contribution in [0.25, 0.3) is 10.9 Å². The second kappa shape index (κ2) is 4.23. The smallest absolute Gasteiger partial charge is 0.0661 e. The molecule has 4 heteroatoms. The molecule has 0 saturated carbocycles. The summed E-state index contributed by atoms with van der Waals surface area (Å²) in [4.78, 5) is 4.85. The molecule has 0 aliphatic heterocycles. The van der Waals surface area contributed by atoms with E-state index in [9.17, 15) is 0 Å². The van der Waals surface area contributed by atoms with E-state index in [0.29, 0.717) is 6.54 Å². The van der Waals surface area contributed by atoms with Crippen molar-refractivity contribution in [1.29, 1.82) is 0 Å². The van der Waals surface area contributed by atoms with Gasteiger partial charge >= 0.3 is 0 Å². The number of fused-ring (bicyclic) bond motifs is 1. The number of benzene rings is 1. The Morgan fingerprint density at radius 2 is 2.27 bits per heavy atom. The van der Waals surface area contributed by atoms with Crippen molar-refractivity contribution in [3.63, 3.8) is 0 Å². The van der Waals surface area contributed by atoms with E-state index in [2.05, 4.69) is 11.5 Å². The largest absolute Gasteiger partial charge is 0.349 e. The maximum absolute atomic E-state index is 6.11. The molecule has 0 aliphatic rings. The highest BCUT2D eigenvalue weighted by Crippen LogP contribution is 2.27. The van der Waals surface area contributed by atoms with Crippen LogP contribution in [-0.2, 0) is 18.4 Å². The quantitative estimate of drug-likeness (QED) is 0.811. The van der Waals surface area contributed by atoms with Crippen molar-refractivity contribution in [2.75, 3.05) is 7.11 Å². The van der Waals surface area contributed by atoms with E-state index in [4.69, 9.17) is 16.4 Å².